The number of rotatable bonds is 2. The Morgan fingerprint density at radius 2 is 1.93 bits per heavy atom. The summed E-state index contributed by atoms with van der Waals surface area (Å²) in [6.07, 6.45) is 1.39. The molecule has 1 aromatic carbocycles. The molecule has 3 nitrogen and oxygen atoms in total. The molecule has 0 spiro atoms. The lowest BCUT2D eigenvalue weighted by molar-refractivity contribution is 0.165. The number of hydrogen-bond acceptors (Lipinski definition) is 2. The highest BCUT2D eigenvalue weighted by Gasteiger charge is 2.37. The van der Waals surface area contributed by atoms with Gasteiger partial charge >= 0.3 is 6.09 Å². The van der Waals surface area contributed by atoms with Gasteiger partial charge in [-0.05, 0) is 18.9 Å². The summed E-state index contributed by atoms with van der Waals surface area (Å²) < 4.78 is 5.14. The molecule has 0 radical (unpaired) electrons. The van der Waals surface area contributed by atoms with E-state index in [1.54, 1.807) is 0 Å². The fourth-order valence-electron chi connectivity index (χ4n) is 2.15. The minimum atomic E-state index is -0.350. The molecule has 1 aromatic rings. The summed E-state index contributed by atoms with van der Waals surface area (Å²) in [4.78, 5) is 11.4. The predicted octanol–water partition coefficient (Wildman–Crippen LogP) is 2.80. The Balaban J connectivity index is 2.55. The van der Waals surface area contributed by atoms with Gasteiger partial charge in [0.2, 0.25) is 0 Å². The Labute approximate surface area is 89.4 Å². The summed E-state index contributed by atoms with van der Waals surface area (Å²) in [5.74, 6) is 0.685. The third kappa shape index (κ3) is 1.48. The van der Waals surface area contributed by atoms with Gasteiger partial charge in [-0.2, -0.15) is 0 Å². The van der Waals surface area contributed by atoms with Crippen LogP contribution >= 0.6 is 0 Å². The van der Waals surface area contributed by atoms with E-state index < -0.39 is 0 Å². The Hall–Kier alpha value is -1.51. The molecule has 1 heterocycles. The first-order valence-electron chi connectivity index (χ1n) is 5.31. The van der Waals surface area contributed by atoms with E-state index >= 15 is 0 Å². The molecule has 2 rings (SSSR count). The molecule has 0 aliphatic carbocycles. The van der Waals surface area contributed by atoms with Crippen LogP contribution in [0, 0.1) is 0 Å². The van der Waals surface area contributed by atoms with E-state index in [0.29, 0.717) is 5.75 Å². The lowest BCUT2D eigenvalue weighted by Crippen LogP contribution is -2.49. The van der Waals surface area contributed by atoms with Crippen molar-refractivity contribution in [2.45, 2.75) is 32.2 Å². The van der Waals surface area contributed by atoms with Crippen molar-refractivity contribution in [1.29, 1.82) is 0 Å². The van der Waals surface area contributed by atoms with E-state index in [1.807, 2.05) is 24.3 Å². The van der Waals surface area contributed by atoms with E-state index in [-0.39, 0.29) is 11.6 Å². The number of nitrogens with one attached hydrogen (secondary N) is 1. The molecule has 0 unspecified atom stereocenters. The van der Waals surface area contributed by atoms with Crippen LogP contribution in [-0.2, 0) is 5.54 Å². The molecule has 0 atom stereocenters. The summed E-state index contributed by atoms with van der Waals surface area (Å²) in [6, 6.07) is 7.71. The normalized spacial score (nSPS) is 17.6. The number of benzene rings is 1. The zero-order valence-electron chi connectivity index (χ0n) is 9.04. The summed E-state index contributed by atoms with van der Waals surface area (Å²) >= 11 is 0. The van der Waals surface area contributed by atoms with Gasteiger partial charge in [0.15, 0.2) is 0 Å². The summed E-state index contributed by atoms with van der Waals surface area (Å²) in [7, 11) is 0. The molecule has 3 heteroatoms. The Kier molecular flexibility index (Phi) is 2.39. The zero-order chi connectivity index (χ0) is 10.9. The lowest BCUT2D eigenvalue weighted by Gasteiger charge is -2.37. The van der Waals surface area contributed by atoms with E-state index in [2.05, 4.69) is 19.2 Å². The quantitative estimate of drug-likeness (QED) is 0.806. The van der Waals surface area contributed by atoms with Crippen LogP contribution < -0.4 is 10.1 Å². The van der Waals surface area contributed by atoms with Crippen molar-refractivity contribution in [3.63, 3.8) is 0 Å². The van der Waals surface area contributed by atoms with Crippen molar-refractivity contribution in [2.24, 2.45) is 0 Å². The molecule has 0 bridgehead atoms. The molecule has 1 amide bonds. The molecule has 1 aliphatic heterocycles. The van der Waals surface area contributed by atoms with Gasteiger partial charge in [0.1, 0.15) is 5.75 Å². The van der Waals surface area contributed by atoms with Crippen molar-refractivity contribution in [1.82, 2.24) is 5.32 Å². The van der Waals surface area contributed by atoms with Crippen LogP contribution in [0.2, 0.25) is 0 Å². The van der Waals surface area contributed by atoms with E-state index in [4.69, 9.17) is 4.74 Å². The highest BCUT2D eigenvalue weighted by Crippen LogP contribution is 2.38. The van der Waals surface area contributed by atoms with Crippen molar-refractivity contribution >= 4 is 6.09 Å². The number of fused-ring (bicyclic) bond motifs is 1. The Morgan fingerprint density at radius 3 is 2.60 bits per heavy atom. The van der Waals surface area contributed by atoms with Gasteiger partial charge in [0.25, 0.3) is 0 Å². The molecule has 1 aliphatic rings. The molecule has 15 heavy (non-hydrogen) atoms. The fraction of sp³-hybridized carbons (Fsp3) is 0.417. The van der Waals surface area contributed by atoms with Gasteiger partial charge in [-0.3, -0.25) is 0 Å². The SMILES string of the molecule is CCC1(CC)NC(=O)Oc2ccccc21. The molecular formula is C12H15NO2. The zero-order valence-corrected chi connectivity index (χ0v) is 9.04. The summed E-state index contributed by atoms with van der Waals surface area (Å²) in [5, 5.41) is 2.92. The van der Waals surface area contributed by atoms with Crippen molar-refractivity contribution < 1.29 is 9.53 Å². The number of carbonyl (C=O) groups excluding carboxylic acids is 1. The highest BCUT2D eigenvalue weighted by atomic mass is 16.6. The predicted molar refractivity (Wildman–Crippen MR) is 57.9 cm³/mol. The molecule has 1 N–H and O–H groups in total. The lowest BCUT2D eigenvalue weighted by atomic mass is 9.83. The summed E-state index contributed by atoms with van der Waals surface area (Å²) in [5.41, 5.74) is 0.820. The number of hydrogen-bond donors (Lipinski definition) is 1. The van der Waals surface area contributed by atoms with Crippen LogP contribution in [0.4, 0.5) is 4.79 Å². The molecule has 0 saturated carbocycles. The Morgan fingerprint density at radius 1 is 1.27 bits per heavy atom. The van der Waals surface area contributed by atoms with E-state index in [1.165, 1.54) is 0 Å². The average molecular weight is 205 g/mol. The van der Waals surface area contributed by atoms with Gasteiger partial charge in [-0.25, -0.2) is 4.79 Å². The van der Waals surface area contributed by atoms with Crippen molar-refractivity contribution in [2.75, 3.05) is 0 Å². The van der Waals surface area contributed by atoms with Gasteiger partial charge < -0.3 is 10.1 Å². The van der Waals surface area contributed by atoms with Gasteiger partial charge in [-0.15, -0.1) is 0 Å². The van der Waals surface area contributed by atoms with Crippen LogP contribution in [0.15, 0.2) is 24.3 Å². The Bertz CT molecular complexity index is 383. The first-order chi connectivity index (χ1) is 7.22. The van der Waals surface area contributed by atoms with Crippen LogP contribution in [0.5, 0.6) is 5.75 Å². The van der Waals surface area contributed by atoms with Crippen LogP contribution in [0.25, 0.3) is 0 Å². The van der Waals surface area contributed by atoms with E-state index in [9.17, 15) is 4.79 Å². The van der Waals surface area contributed by atoms with Crippen molar-refractivity contribution in [3.8, 4) is 5.75 Å². The second-order valence-electron chi connectivity index (χ2n) is 3.80. The maximum absolute atomic E-state index is 11.4. The molecular weight excluding hydrogens is 190 g/mol. The second kappa shape index (κ2) is 3.57. The van der Waals surface area contributed by atoms with Crippen LogP contribution in [-0.4, -0.2) is 6.09 Å². The van der Waals surface area contributed by atoms with E-state index in [0.717, 1.165) is 18.4 Å². The standard InChI is InChI=1S/C12H15NO2/c1-3-12(4-2)9-7-5-6-8-10(9)15-11(14)13-12/h5-8H,3-4H2,1-2H3,(H,13,14). The third-order valence-corrected chi connectivity index (χ3v) is 3.15. The first-order valence-corrected chi connectivity index (χ1v) is 5.31. The average Bonchev–Trinajstić information content (AvgIpc) is 2.27. The van der Waals surface area contributed by atoms with Crippen molar-refractivity contribution in [3.05, 3.63) is 29.8 Å². The largest absolute Gasteiger partial charge is 0.413 e. The third-order valence-electron chi connectivity index (χ3n) is 3.15. The maximum Gasteiger partial charge on any atom is 0.413 e. The van der Waals surface area contributed by atoms with Gasteiger partial charge in [0, 0.05) is 5.56 Å². The number of ether oxygens (including phenoxy) is 1. The number of carbonyl (C=O) groups is 1. The van der Waals surface area contributed by atoms with Gasteiger partial charge in [-0.1, -0.05) is 32.0 Å². The fourth-order valence-corrected chi connectivity index (χ4v) is 2.15. The number of para-hydroxylation sites is 1. The smallest absolute Gasteiger partial charge is 0.410 e. The first kappa shape index (κ1) is 10.0. The summed E-state index contributed by atoms with van der Waals surface area (Å²) in [6.45, 7) is 4.15. The second-order valence-corrected chi connectivity index (χ2v) is 3.80. The molecule has 0 saturated heterocycles. The topological polar surface area (TPSA) is 38.3 Å². The minimum absolute atomic E-state index is 0.258. The van der Waals surface area contributed by atoms with Gasteiger partial charge in [0.05, 0.1) is 5.54 Å². The minimum Gasteiger partial charge on any atom is -0.410 e. The molecule has 80 valence electrons. The maximum atomic E-state index is 11.4. The molecule has 0 fully saturated rings. The highest BCUT2D eigenvalue weighted by molar-refractivity contribution is 5.75. The molecule has 0 aromatic heterocycles. The van der Waals surface area contributed by atoms with Crippen LogP contribution in [0.3, 0.4) is 0 Å². The monoisotopic (exact) mass is 205 g/mol. The number of amides is 1. The van der Waals surface area contributed by atoms with Crippen LogP contribution in [0.1, 0.15) is 32.3 Å².